The minimum Gasteiger partial charge on any atom is -0.497 e. The van der Waals surface area contributed by atoms with Crippen LogP contribution in [0.1, 0.15) is 27.4 Å². The van der Waals surface area contributed by atoms with Crippen LogP contribution in [0.15, 0.2) is 33.7 Å². The molecule has 1 N–H and O–H groups in total. The van der Waals surface area contributed by atoms with Crippen LogP contribution in [0.5, 0.6) is 11.5 Å². The number of hydrogen-bond acceptors (Lipinski definition) is 7. The van der Waals surface area contributed by atoms with Gasteiger partial charge in [0.1, 0.15) is 28.6 Å². The van der Waals surface area contributed by atoms with Crippen LogP contribution in [0.25, 0.3) is 0 Å². The molecule has 1 aliphatic rings. The highest BCUT2D eigenvalue weighted by atomic mass is 127. The number of carbonyl (C=O) groups excluding carboxylic acids is 1. The van der Waals surface area contributed by atoms with E-state index in [-0.39, 0.29) is 24.0 Å². The maximum absolute atomic E-state index is 11.8. The van der Waals surface area contributed by atoms with Crippen molar-refractivity contribution in [1.82, 2.24) is 15.1 Å². The van der Waals surface area contributed by atoms with Gasteiger partial charge in [0.05, 0.1) is 27.9 Å². The Bertz CT molecular complexity index is 954. The fourth-order valence-corrected chi connectivity index (χ4v) is 3.81. The first-order valence-electron chi connectivity index (χ1n) is 10.6. The van der Waals surface area contributed by atoms with Gasteiger partial charge in [-0.1, -0.05) is 0 Å². The Labute approximate surface area is 212 Å². The van der Waals surface area contributed by atoms with Crippen LogP contribution in [0, 0.1) is 6.92 Å². The molecule has 0 bridgehead atoms. The number of esters is 1. The minimum absolute atomic E-state index is 0. The molecule has 1 aromatic heterocycles. The average molecular weight is 572 g/mol. The highest BCUT2D eigenvalue weighted by Crippen LogP contribution is 2.25. The molecule has 1 aliphatic heterocycles. The van der Waals surface area contributed by atoms with Gasteiger partial charge in [0.15, 0.2) is 5.96 Å². The van der Waals surface area contributed by atoms with Gasteiger partial charge in [-0.05, 0) is 31.2 Å². The van der Waals surface area contributed by atoms with Crippen LogP contribution in [-0.4, -0.2) is 76.3 Å². The van der Waals surface area contributed by atoms with E-state index in [0.29, 0.717) is 23.6 Å². The molecule has 9 nitrogen and oxygen atoms in total. The van der Waals surface area contributed by atoms with Crippen molar-refractivity contribution in [2.45, 2.75) is 20.0 Å². The molecule has 1 aromatic carbocycles. The molecule has 2 heterocycles. The summed E-state index contributed by atoms with van der Waals surface area (Å²) >= 11 is 0. The molecule has 0 spiro atoms. The van der Waals surface area contributed by atoms with Crippen molar-refractivity contribution in [3.8, 4) is 11.5 Å². The Hall–Kier alpha value is -2.47. The van der Waals surface area contributed by atoms with Crippen molar-refractivity contribution < 1.29 is 23.4 Å². The molecule has 10 heteroatoms. The minimum atomic E-state index is -0.398. The van der Waals surface area contributed by atoms with E-state index in [2.05, 4.69) is 20.1 Å². The van der Waals surface area contributed by atoms with Crippen LogP contribution in [0.4, 0.5) is 0 Å². The van der Waals surface area contributed by atoms with Crippen molar-refractivity contribution in [2.24, 2.45) is 4.99 Å². The van der Waals surface area contributed by atoms with Crippen LogP contribution in [-0.2, 0) is 17.8 Å². The predicted molar refractivity (Wildman–Crippen MR) is 137 cm³/mol. The molecule has 1 saturated heterocycles. The van der Waals surface area contributed by atoms with Crippen molar-refractivity contribution >= 4 is 35.9 Å². The van der Waals surface area contributed by atoms with Crippen molar-refractivity contribution in [3.63, 3.8) is 0 Å². The molecule has 182 valence electrons. The van der Waals surface area contributed by atoms with E-state index >= 15 is 0 Å². The molecule has 0 radical (unpaired) electrons. The number of rotatable bonds is 7. The zero-order valence-corrected chi connectivity index (χ0v) is 22.2. The van der Waals surface area contributed by atoms with Gasteiger partial charge in [-0.2, -0.15) is 0 Å². The lowest BCUT2D eigenvalue weighted by Crippen LogP contribution is -2.52. The monoisotopic (exact) mass is 572 g/mol. The Balaban J connectivity index is 0.00000385. The zero-order chi connectivity index (χ0) is 23.1. The molecule has 2 aromatic rings. The van der Waals surface area contributed by atoms with E-state index in [1.54, 1.807) is 34.3 Å². The fraction of sp³-hybridized carbons (Fsp3) is 0.478. The van der Waals surface area contributed by atoms with Crippen molar-refractivity contribution in [3.05, 3.63) is 46.9 Å². The number of ether oxygens (including phenoxy) is 3. The van der Waals surface area contributed by atoms with Crippen LogP contribution < -0.4 is 14.8 Å². The number of aryl methyl sites for hydroxylation is 1. The smallest absolute Gasteiger partial charge is 0.341 e. The van der Waals surface area contributed by atoms with Crippen LogP contribution >= 0.6 is 24.0 Å². The Morgan fingerprint density at radius 1 is 1.12 bits per heavy atom. The van der Waals surface area contributed by atoms with Gasteiger partial charge in [-0.3, -0.25) is 9.89 Å². The van der Waals surface area contributed by atoms with Gasteiger partial charge >= 0.3 is 5.97 Å². The predicted octanol–water partition coefficient (Wildman–Crippen LogP) is 2.90. The number of nitrogens with zero attached hydrogens (tertiary/aromatic N) is 3. The lowest BCUT2D eigenvalue weighted by Gasteiger charge is -2.36. The number of benzene rings is 1. The summed E-state index contributed by atoms with van der Waals surface area (Å²) in [6, 6.07) is 7.59. The topological polar surface area (TPSA) is 88.8 Å². The third-order valence-corrected chi connectivity index (χ3v) is 5.56. The number of guanidine groups is 1. The Morgan fingerprint density at radius 3 is 2.45 bits per heavy atom. The highest BCUT2D eigenvalue weighted by Gasteiger charge is 2.22. The number of carbonyl (C=O) groups is 1. The van der Waals surface area contributed by atoms with E-state index in [0.717, 1.165) is 55.7 Å². The molecule has 0 atom stereocenters. The van der Waals surface area contributed by atoms with E-state index in [9.17, 15) is 4.79 Å². The third-order valence-electron chi connectivity index (χ3n) is 5.56. The molecule has 0 saturated carbocycles. The van der Waals surface area contributed by atoms with Crippen molar-refractivity contribution in [1.29, 1.82) is 0 Å². The number of aliphatic imine (C=N–C) groups is 1. The quantitative estimate of drug-likeness (QED) is 0.235. The maximum atomic E-state index is 11.8. The first kappa shape index (κ1) is 26.8. The van der Waals surface area contributed by atoms with Gasteiger partial charge in [0, 0.05) is 45.3 Å². The summed E-state index contributed by atoms with van der Waals surface area (Å²) in [6.07, 6.45) is 0. The SMILES string of the molecule is CN=C(NCc1cc(C(=O)OC)c(C)o1)N1CCN(Cc2cc(OC)ccc2OC)CC1.I. The number of furan rings is 1. The summed E-state index contributed by atoms with van der Waals surface area (Å²) in [5.74, 6) is 3.30. The molecular weight excluding hydrogens is 539 g/mol. The average Bonchev–Trinajstić information content (AvgIpc) is 3.20. The summed E-state index contributed by atoms with van der Waals surface area (Å²) in [5, 5.41) is 3.33. The summed E-state index contributed by atoms with van der Waals surface area (Å²) in [5.41, 5.74) is 1.55. The first-order valence-corrected chi connectivity index (χ1v) is 10.6. The molecule has 3 rings (SSSR count). The van der Waals surface area contributed by atoms with Gasteiger partial charge in [-0.25, -0.2) is 4.79 Å². The van der Waals surface area contributed by atoms with Crippen molar-refractivity contribution in [2.75, 3.05) is 54.6 Å². The summed E-state index contributed by atoms with van der Waals surface area (Å²) in [7, 11) is 6.48. The van der Waals surface area contributed by atoms with E-state index in [1.807, 2.05) is 18.2 Å². The fourth-order valence-electron chi connectivity index (χ4n) is 3.81. The third kappa shape index (κ3) is 6.76. The lowest BCUT2D eigenvalue weighted by atomic mass is 10.1. The molecule has 1 fully saturated rings. The van der Waals surface area contributed by atoms with Gasteiger partial charge < -0.3 is 28.8 Å². The Morgan fingerprint density at radius 2 is 1.85 bits per heavy atom. The number of piperazine rings is 1. The second-order valence-electron chi connectivity index (χ2n) is 7.52. The molecule has 0 aliphatic carbocycles. The first-order chi connectivity index (χ1) is 15.5. The summed E-state index contributed by atoms with van der Waals surface area (Å²) in [4.78, 5) is 20.8. The van der Waals surface area contributed by atoms with E-state index in [4.69, 9.17) is 18.6 Å². The summed E-state index contributed by atoms with van der Waals surface area (Å²) in [6.45, 7) is 6.46. The van der Waals surface area contributed by atoms with E-state index in [1.165, 1.54) is 7.11 Å². The van der Waals surface area contributed by atoms with Gasteiger partial charge in [0.2, 0.25) is 0 Å². The standard InChI is InChI=1S/C23H32N4O5.HI/c1-16-20(22(28)31-5)13-19(32-16)14-25-23(24-2)27-10-8-26(9-11-27)15-17-12-18(29-3)6-7-21(17)30-4;/h6-7,12-13H,8-11,14-15H2,1-5H3,(H,24,25);1H. The second kappa shape index (κ2) is 12.7. The van der Waals surface area contributed by atoms with E-state index < -0.39 is 5.97 Å². The summed E-state index contributed by atoms with van der Waals surface area (Å²) < 4.78 is 21.3. The lowest BCUT2D eigenvalue weighted by molar-refractivity contribution is 0.0599. The largest absolute Gasteiger partial charge is 0.497 e. The van der Waals surface area contributed by atoms with Gasteiger partial charge in [0.25, 0.3) is 0 Å². The molecule has 0 unspecified atom stereocenters. The molecule has 33 heavy (non-hydrogen) atoms. The number of methoxy groups -OCH3 is 3. The number of nitrogens with one attached hydrogen (secondary N) is 1. The normalized spacial score (nSPS) is 14.5. The van der Waals surface area contributed by atoms with Crippen LogP contribution in [0.3, 0.4) is 0 Å². The number of halogens is 1. The zero-order valence-electron chi connectivity index (χ0n) is 19.8. The maximum Gasteiger partial charge on any atom is 0.341 e. The number of hydrogen-bond donors (Lipinski definition) is 1. The molecule has 0 amide bonds. The Kier molecular flexibility index (Phi) is 10.3. The van der Waals surface area contributed by atoms with Gasteiger partial charge in [-0.15, -0.1) is 24.0 Å². The van der Waals surface area contributed by atoms with Crippen LogP contribution in [0.2, 0.25) is 0 Å². The highest BCUT2D eigenvalue weighted by molar-refractivity contribution is 14.0. The molecular formula is C23H33IN4O5. The second-order valence-corrected chi connectivity index (χ2v) is 7.52.